The van der Waals surface area contributed by atoms with Gasteiger partial charge < -0.3 is 21.0 Å². The Balaban J connectivity index is 2.69. The second-order valence-electron chi connectivity index (χ2n) is 4.11. The summed E-state index contributed by atoms with van der Waals surface area (Å²) in [5, 5.41) is 14.7. The van der Waals surface area contributed by atoms with Crippen molar-refractivity contribution in [2.24, 2.45) is 0 Å². The summed E-state index contributed by atoms with van der Waals surface area (Å²) in [6.45, 7) is 5.49. The van der Waals surface area contributed by atoms with Gasteiger partial charge in [0.05, 0.1) is 12.7 Å². The summed E-state index contributed by atoms with van der Waals surface area (Å²) in [6.07, 6.45) is 4.05. The SMILES string of the molecule is CCCCNc1cc(OCCCC)nc(N)[n+]1[O-]. The van der Waals surface area contributed by atoms with Gasteiger partial charge in [-0.1, -0.05) is 31.7 Å². The number of hydrogen-bond donors (Lipinski definition) is 2. The number of hydrogen-bond acceptors (Lipinski definition) is 5. The number of anilines is 2. The first-order chi connectivity index (χ1) is 8.69. The van der Waals surface area contributed by atoms with Crippen LogP contribution in [0.15, 0.2) is 6.07 Å². The van der Waals surface area contributed by atoms with E-state index in [1.807, 2.05) is 0 Å². The average Bonchev–Trinajstić information content (AvgIpc) is 2.35. The number of nitrogens with one attached hydrogen (secondary N) is 1. The van der Waals surface area contributed by atoms with E-state index in [0.29, 0.717) is 23.0 Å². The number of ether oxygens (including phenoxy) is 1. The molecule has 0 saturated heterocycles. The maximum Gasteiger partial charge on any atom is 0.347 e. The number of nitrogens with two attached hydrogens (primary N) is 1. The molecule has 1 aromatic rings. The highest BCUT2D eigenvalue weighted by atomic mass is 16.5. The van der Waals surface area contributed by atoms with Crippen molar-refractivity contribution in [3.05, 3.63) is 11.3 Å². The van der Waals surface area contributed by atoms with Crippen LogP contribution in [0.5, 0.6) is 5.88 Å². The molecule has 6 nitrogen and oxygen atoms in total. The third-order valence-electron chi connectivity index (χ3n) is 2.50. The average molecular weight is 254 g/mol. The van der Waals surface area contributed by atoms with E-state index in [9.17, 15) is 5.21 Å². The second kappa shape index (κ2) is 7.58. The molecule has 3 N–H and O–H groups in total. The van der Waals surface area contributed by atoms with E-state index in [0.717, 1.165) is 32.2 Å². The largest absolute Gasteiger partial charge is 0.754 e. The number of nitrogens with zero attached hydrogens (tertiary/aromatic N) is 2. The first kappa shape index (κ1) is 14.3. The number of rotatable bonds is 8. The predicted octanol–water partition coefficient (Wildman–Crippen LogP) is 1.69. The van der Waals surface area contributed by atoms with Crippen molar-refractivity contribution in [3.63, 3.8) is 0 Å². The molecule has 0 aliphatic rings. The molecule has 18 heavy (non-hydrogen) atoms. The van der Waals surface area contributed by atoms with Gasteiger partial charge in [-0.3, -0.25) is 0 Å². The lowest BCUT2D eigenvalue weighted by atomic mass is 10.3. The van der Waals surface area contributed by atoms with E-state index in [4.69, 9.17) is 10.5 Å². The highest BCUT2D eigenvalue weighted by Gasteiger charge is 2.10. The van der Waals surface area contributed by atoms with Crippen LogP contribution in [0, 0.1) is 5.21 Å². The third-order valence-corrected chi connectivity index (χ3v) is 2.50. The summed E-state index contributed by atoms with van der Waals surface area (Å²) in [4.78, 5) is 3.90. The Morgan fingerprint density at radius 3 is 2.78 bits per heavy atom. The number of aromatic nitrogens is 2. The maximum atomic E-state index is 11.7. The molecule has 0 fully saturated rings. The molecule has 0 saturated carbocycles. The third kappa shape index (κ3) is 4.27. The monoisotopic (exact) mass is 254 g/mol. The summed E-state index contributed by atoms with van der Waals surface area (Å²) in [5.41, 5.74) is 5.55. The molecule has 0 aromatic carbocycles. The van der Waals surface area contributed by atoms with Crippen molar-refractivity contribution < 1.29 is 9.47 Å². The molecule has 6 heteroatoms. The maximum absolute atomic E-state index is 11.7. The van der Waals surface area contributed by atoms with Crippen molar-refractivity contribution in [2.45, 2.75) is 39.5 Å². The van der Waals surface area contributed by atoms with Gasteiger partial charge in [-0.15, -0.1) is 0 Å². The topological polar surface area (TPSA) is 87.1 Å². The molecular formula is C12H22N4O2. The fourth-order valence-corrected chi connectivity index (χ4v) is 1.40. The molecule has 0 aliphatic carbocycles. The molecule has 0 unspecified atom stereocenters. The van der Waals surface area contributed by atoms with Crippen LogP contribution in [0.3, 0.4) is 0 Å². The molecule has 0 radical (unpaired) electrons. The van der Waals surface area contributed by atoms with Crippen molar-refractivity contribution >= 4 is 11.8 Å². The van der Waals surface area contributed by atoms with E-state index in [2.05, 4.69) is 24.1 Å². The van der Waals surface area contributed by atoms with Gasteiger partial charge in [0.1, 0.15) is 0 Å². The zero-order valence-electron chi connectivity index (χ0n) is 11.1. The van der Waals surface area contributed by atoms with Crippen molar-refractivity contribution in [1.82, 2.24) is 4.98 Å². The number of nitrogen functional groups attached to an aromatic ring is 1. The highest BCUT2D eigenvalue weighted by molar-refractivity contribution is 5.36. The fraction of sp³-hybridized carbons (Fsp3) is 0.667. The van der Waals surface area contributed by atoms with Gasteiger partial charge in [-0.2, -0.15) is 0 Å². The van der Waals surface area contributed by atoms with Crippen molar-refractivity contribution in [1.29, 1.82) is 0 Å². The smallest absolute Gasteiger partial charge is 0.347 e. The van der Waals surface area contributed by atoms with E-state index < -0.39 is 0 Å². The minimum absolute atomic E-state index is 0.0944. The predicted molar refractivity (Wildman–Crippen MR) is 71.4 cm³/mol. The molecular weight excluding hydrogens is 232 g/mol. The lowest BCUT2D eigenvalue weighted by molar-refractivity contribution is -0.577. The Hall–Kier alpha value is -1.72. The van der Waals surface area contributed by atoms with Crippen LogP contribution in [0.4, 0.5) is 11.8 Å². The molecule has 1 aromatic heterocycles. The van der Waals surface area contributed by atoms with E-state index in [1.54, 1.807) is 6.07 Å². The first-order valence-electron chi connectivity index (χ1n) is 6.45. The number of unbranched alkanes of at least 4 members (excludes halogenated alkanes) is 2. The summed E-state index contributed by atoms with van der Waals surface area (Å²) < 4.78 is 6.03. The quantitative estimate of drug-likeness (QED) is 0.419. The van der Waals surface area contributed by atoms with Crippen molar-refractivity contribution in [2.75, 3.05) is 24.2 Å². The van der Waals surface area contributed by atoms with Crippen LogP contribution in [0.25, 0.3) is 0 Å². The Bertz CT molecular complexity index is 371. The molecule has 1 rings (SSSR count). The lowest BCUT2D eigenvalue weighted by Gasteiger charge is -2.14. The lowest BCUT2D eigenvalue weighted by Crippen LogP contribution is -2.36. The van der Waals surface area contributed by atoms with Crippen molar-refractivity contribution in [3.8, 4) is 5.88 Å². The summed E-state index contributed by atoms with van der Waals surface area (Å²) in [6, 6.07) is 1.59. The van der Waals surface area contributed by atoms with Crippen LogP contribution < -0.4 is 20.5 Å². The van der Waals surface area contributed by atoms with Gasteiger partial charge in [0.2, 0.25) is 5.82 Å². The van der Waals surface area contributed by atoms with Crippen LogP contribution in [-0.2, 0) is 0 Å². The van der Waals surface area contributed by atoms with Crippen LogP contribution in [0.1, 0.15) is 39.5 Å². The molecule has 0 aliphatic heterocycles. The molecule has 0 bridgehead atoms. The van der Waals surface area contributed by atoms with E-state index in [1.165, 1.54) is 0 Å². The first-order valence-corrected chi connectivity index (χ1v) is 6.45. The van der Waals surface area contributed by atoms with E-state index in [-0.39, 0.29) is 5.95 Å². The minimum Gasteiger partial charge on any atom is -0.754 e. The minimum atomic E-state index is -0.0944. The standard InChI is InChI=1S/C12H22N4O2/c1-3-5-7-14-10-9-11(18-8-6-4-2)15-12(13)16(10)17/h9,14H,3-8H2,1-2H3,(H2,13,15). The van der Waals surface area contributed by atoms with Gasteiger partial charge in [0, 0.05) is 6.54 Å². The van der Waals surface area contributed by atoms with E-state index >= 15 is 0 Å². The Morgan fingerprint density at radius 1 is 1.39 bits per heavy atom. The molecule has 102 valence electrons. The van der Waals surface area contributed by atoms with Gasteiger partial charge in [0.25, 0.3) is 5.88 Å². The Kier molecular flexibility index (Phi) is 6.04. The Labute approximate surface area is 108 Å². The van der Waals surface area contributed by atoms with Gasteiger partial charge in [0.15, 0.2) is 0 Å². The summed E-state index contributed by atoms with van der Waals surface area (Å²) in [7, 11) is 0. The van der Waals surface area contributed by atoms with Gasteiger partial charge in [-0.25, -0.2) is 4.73 Å². The fourth-order valence-electron chi connectivity index (χ4n) is 1.40. The zero-order chi connectivity index (χ0) is 13.4. The molecule has 0 amide bonds. The van der Waals surface area contributed by atoms with Gasteiger partial charge >= 0.3 is 5.95 Å². The molecule has 0 atom stereocenters. The summed E-state index contributed by atoms with van der Waals surface area (Å²) in [5.74, 6) is 0.692. The normalized spacial score (nSPS) is 10.3. The second-order valence-corrected chi connectivity index (χ2v) is 4.11. The molecule has 0 spiro atoms. The van der Waals surface area contributed by atoms with Crippen LogP contribution in [-0.4, -0.2) is 18.1 Å². The molecule has 1 heterocycles. The van der Waals surface area contributed by atoms with Crippen LogP contribution >= 0.6 is 0 Å². The van der Waals surface area contributed by atoms with Gasteiger partial charge in [-0.05, 0) is 12.8 Å². The Morgan fingerprint density at radius 2 is 2.11 bits per heavy atom. The highest BCUT2D eigenvalue weighted by Crippen LogP contribution is 2.13. The van der Waals surface area contributed by atoms with Crippen LogP contribution in [0.2, 0.25) is 0 Å². The summed E-state index contributed by atoms with van der Waals surface area (Å²) >= 11 is 0. The zero-order valence-corrected chi connectivity index (χ0v) is 11.1.